The highest BCUT2D eigenvalue weighted by molar-refractivity contribution is 6.18. The van der Waals surface area contributed by atoms with Crippen molar-refractivity contribution in [2.45, 2.75) is 12.5 Å². The Kier molecular flexibility index (Phi) is 3.56. The van der Waals surface area contributed by atoms with Gasteiger partial charge in [0.2, 0.25) is 5.91 Å². The van der Waals surface area contributed by atoms with Crippen molar-refractivity contribution >= 4 is 17.5 Å². The minimum absolute atomic E-state index is 0.0521. The standard InChI is InChI=1S/C4H8ClNO2/c5-2-3(7)1-4(6)8/h3,7H,1-2H2,(H2,6,8)/t3-/m0/s1. The van der Waals surface area contributed by atoms with E-state index in [0.29, 0.717) is 0 Å². The number of alkyl halides is 1. The highest BCUT2D eigenvalue weighted by Gasteiger charge is 2.04. The van der Waals surface area contributed by atoms with Gasteiger partial charge in [-0.3, -0.25) is 4.79 Å². The van der Waals surface area contributed by atoms with Crippen molar-refractivity contribution in [3.05, 3.63) is 0 Å². The molecule has 0 spiro atoms. The summed E-state index contributed by atoms with van der Waals surface area (Å²) in [6, 6.07) is 0. The molecule has 0 aliphatic rings. The van der Waals surface area contributed by atoms with E-state index in [4.69, 9.17) is 22.4 Å². The summed E-state index contributed by atoms with van der Waals surface area (Å²) in [4.78, 5) is 9.97. The van der Waals surface area contributed by atoms with Crippen LogP contribution in [0, 0.1) is 0 Å². The number of nitrogens with two attached hydrogens (primary N) is 1. The maximum Gasteiger partial charge on any atom is 0.220 e. The van der Waals surface area contributed by atoms with E-state index in [-0.39, 0.29) is 12.3 Å². The third-order valence-electron chi connectivity index (χ3n) is 0.615. The first-order valence-corrected chi connectivity index (χ1v) is 2.72. The SMILES string of the molecule is NC(=O)C[C@H](O)CCl. The van der Waals surface area contributed by atoms with Gasteiger partial charge in [-0.05, 0) is 0 Å². The van der Waals surface area contributed by atoms with Crippen LogP contribution in [-0.4, -0.2) is 23.0 Å². The van der Waals surface area contributed by atoms with Crippen molar-refractivity contribution in [3.63, 3.8) is 0 Å². The Morgan fingerprint density at radius 3 is 2.50 bits per heavy atom. The molecule has 0 heterocycles. The van der Waals surface area contributed by atoms with E-state index < -0.39 is 12.0 Å². The number of hydrogen-bond donors (Lipinski definition) is 2. The predicted octanol–water partition coefficient (Wildman–Crippen LogP) is -0.539. The topological polar surface area (TPSA) is 63.3 Å². The minimum atomic E-state index is -0.783. The minimum Gasteiger partial charge on any atom is -0.391 e. The zero-order chi connectivity index (χ0) is 6.57. The van der Waals surface area contributed by atoms with Gasteiger partial charge in [0, 0.05) is 5.88 Å². The number of primary amides is 1. The molecule has 0 fully saturated rings. The van der Waals surface area contributed by atoms with Gasteiger partial charge in [0.25, 0.3) is 0 Å². The van der Waals surface area contributed by atoms with Gasteiger partial charge in [-0.25, -0.2) is 0 Å². The number of hydrogen-bond acceptors (Lipinski definition) is 2. The van der Waals surface area contributed by atoms with Gasteiger partial charge in [0.05, 0.1) is 12.5 Å². The fourth-order valence-electron chi connectivity index (χ4n) is 0.287. The van der Waals surface area contributed by atoms with Crippen LogP contribution in [0.25, 0.3) is 0 Å². The Bertz CT molecular complexity index is 86.1. The average Bonchev–Trinajstić information content (AvgIpc) is 1.65. The molecule has 8 heavy (non-hydrogen) atoms. The molecule has 0 rings (SSSR count). The van der Waals surface area contributed by atoms with E-state index in [0.717, 1.165) is 0 Å². The van der Waals surface area contributed by atoms with Crippen molar-refractivity contribution in [1.82, 2.24) is 0 Å². The predicted molar refractivity (Wildman–Crippen MR) is 30.5 cm³/mol. The molecule has 0 aromatic carbocycles. The average molecular weight is 138 g/mol. The summed E-state index contributed by atoms with van der Waals surface area (Å²) >= 11 is 5.14. The first-order chi connectivity index (χ1) is 3.66. The van der Waals surface area contributed by atoms with Gasteiger partial charge < -0.3 is 10.8 Å². The smallest absolute Gasteiger partial charge is 0.220 e. The summed E-state index contributed by atoms with van der Waals surface area (Å²) in [5, 5.41) is 8.60. The number of aliphatic hydroxyl groups is 1. The summed E-state index contributed by atoms with van der Waals surface area (Å²) in [5.74, 6) is -0.471. The lowest BCUT2D eigenvalue weighted by Crippen LogP contribution is -2.20. The van der Waals surface area contributed by atoms with Crippen LogP contribution in [0.3, 0.4) is 0 Å². The lowest BCUT2D eigenvalue weighted by Gasteiger charge is -1.99. The number of halogens is 1. The first kappa shape index (κ1) is 7.72. The third kappa shape index (κ3) is 3.89. The highest BCUT2D eigenvalue weighted by atomic mass is 35.5. The zero-order valence-electron chi connectivity index (χ0n) is 4.30. The van der Waals surface area contributed by atoms with Crippen LogP contribution in [0.2, 0.25) is 0 Å². The molecule has 0 saturated carbocycles. The Morgan fingerprint density at radius 1 is 1.88 bits per heavy atom. The van der Waals surface area contributed by atoms with Gasteiger partial charge >= 0.3 is 0 Å². The lowest BCUT2D eigenvalue weighted by atomic mass is 10.3. The number of carbonyl (C=O) groups excluding carboxylic acids is 1. The Labute approximate surface area is 52.4 Å². The second-order valence-corrected chi connectivity index (χ2v) is 1.79. The van der Waals surface area contributed by atoms with E-state index in [9.17, 15) is 4.79 Å². The summed E-state index contributed by atoms with van der Waals surface area (Å²) in [5.41, 5.74) is 4.71. The van der Waals surface area contributed by atoms with Crippen LogP contribution in [0.4, 0.5) is 0 Å². The van der Waals surface area contributed by atoms with Gasteiger partial charge in [-0.2, -0.15) is 0 Å². The van der Waals surface area contributed by atoms with Crippen molar-refractivity contribution in [2.24, 2.45) is 5.73 Å². The molecule has 48 valence electrons. The van der Waals surface area contributed by atoms with Crippen molar-refractivity contribution in [2.75, 3.05) is 5.88 Å². The molecule has 4 heteroatoms. The molecule has 3 N–H and O–H groups in total. The molecule has 0 aliphatic carbocycles. The van der Waals surface area contributed by atoms with Gasteiger partial charge in [0.15, 0.2) is 0 Å². The quantitative estimate of drug-likeness (QED) is 0.514. The van der Waals surface area contributed by atoms with Crippen molar-refractivity contribution in [1.29, 1.82) is 0 Å². The Hall–Kier alpha value is -0.280. The first-order valence-electron chi connectivity index (χ1n) is 2.19. The summed E-state index contributed by atoms with van der Waals surface area (Å²) in [6.45, 7) is 0. The second-order valence-electron chi connectivity index (χ2n) is 1.48. The molecule has 0 aromatic heterocycles. The number of amides is 1. The molecular formula is C4H8ClNO2. The fourth-order valence-corrected chi connectivity index (χ4v) is 0.396. The maximum atomic E-state index is 9.97. The van der Waals surface area contributed by atoms with Crippen LogP contribution < -0.4 is 5.73 Å². The molecule has 0 unspecified atom stereocenters. The fraction of sp³-hybridized carbons (Fsp3) is 0.750. The van der Waals surface area contributed by atoms with E-state index in [1.54, 1.807) is 0 Å². The molecule has 0 aliphatic heterocycles. The van der Waals surface area contributed by atoms with Gasteiger partial charge in [0.1, 0.15) is 0 Å². The van der Waals surface area contributed by atoms with Crippen LogP contribution in [0.5, 0.6) is 0 Å². The molecule has 3 nitrogen and oxygen atoms in total. The van der Waals surface area contributed by atoms with Crippen LogP contribution in [0.1, 0.15) is 6.42 Å². The summed E-state index contributed by atoms with van der Waals surface area (Å²) in [7, 11) is 0. The van der Waals surface area contributed by atoms with E-state index in [1.807, 2.05) is 0 Å². The van der Waals surface area contributed by atoms with E-state index >= 15 is 0 Å². The van der Waals surface area contributed by atoms with Crippen LogP contribution in [-0.2, 0) is 4.79 Å². The molecule has 1 amide bonds. The van der Waals surface area contributed by atoms with Crippen molar-refractivity contribution < 1.29 is 9.90 Å². The molecule has 0 aromatic rings. The summed E-state index contributed by atoms with van der Waals surface area (Å²) in [6.07, 6.45) is -0.835. The third-order valence-corrected chi connectivity index (χ3v) is 0.971. The second kappa shape index (κ2) is 3.69. The van der Waals surface area contributed by atoms with Crippen LogP contribution in [0.15, 0.2) is 0 Å². The number of rotatable bonds is 3. The summed E-state index contributed by atoms with van der Waals surface area (Å²) < 4.78 is 0. The molecule has 0 bridgehead atoms. The molecule has 0 saturated heterocycles. The molecular weight excluding hydrogens is 130 g/mol. The van der Waals surface area contributed by atoms with E-state index in [2.05, 4.69) is 0 Å². The molecule has 1 atom stereocenters. The van der Waals surface area contributed by atoms with Crippen LogP contribution >= 0.6 is 11.6 Å². The Morgan fingerprint density at radius 2 is 2.38 bits per heavy atom. The zero-order valence-corrected chi connectivity index (χ0v) is 5.06. The van der Waals surface area contributed by atoms with E-state index in [1.165, 1.54) is 0 Å². The van der Waals surface area contributed by atoms with Gasteiger partial charge in [-0.1, -0.05) is 0 Å². The monoisotopic (exact) mass is 137 g/mol. The Balaban J connectivity index is 3.24. The highest BCUT2D eigenvalue weighted by Crippen LogP contribution is 1.91. The normalized spacial score (nSPS) is 13.2. The number of carbonyl (C=O) groups is 1. The maximum absolute atomic E-state index is 9.97. The largest absolute Gasteiger partial charge is 0.391 e. The molecule has 0 radical (unpaired) electrons. The van der Waals surface area contributed by atoms with Crippen molar-refractivity contribution in [3.8, 4) is 0 Å². The lowest BCUT2D eigenvalue weighted by molar-refractivity contribution is -0.119. The van der Waals surface area contributed by atoms with Gasteiger partial charge in [-0.15, -0.1) is 11.6 Å². The number of aliphatic hydroxyl groups excluding tert-OH is 1.